The zero-order chi connectivity index (χ0) is 58.0. The molecule has 4 aliphatic rings. The van der Waals surface area contributed by atoms with Crippen LogP contribution in [0.4, 0.5) is 53.0 Å². The summed E-state index contributed by atoms with van der Waals surface area (Å²) in [6.07, 6.45) is 6.75. The molecule has 4 aliphatic heterocycles. The fraction of sp³-hybridized carbons (Fsp3) is 0.483. The predicted molar refractivity (Wildman–Crippen MR) is 292 cm³/mol. The first-order valence-corrected chi connectivity index (χ1v) is 27.3. The number of halogens is 6. The van der Waals surface area contributed by atoms with Gasteiger partial charge in [0.25, 0.3) is 0 Å². The molecular formula is C58H67F6N11O6. The van der Waals surface area contributed by atoms with Crippen molar-refractivity contribution in [1.29, 1.82) is 0 Å². The number of alkyl halides is 3. The van der Waals surface area contributed by atoms with Gasteiger partial charge in [0.05, 0.1) is 59.6 Å². The highest BCUT2D eigenvalue weighted by Crippen LogP contribution is 2.45. The number of ether oxygens (including phenoxy) is 2. The Labute approximate surface area is 465 Å². The van der Waals surface area contributed by atoms with Gasteiger partial charge in [-0.3, -0.25) is 9.59 Å². The number of nitrogens with zero attached hydrogens (tertiary/aromatic N) is 7. The smallest absolute Gasteiger partial charge is 0.416 e. The molecule has 2 aromatic heterocycles. The number of terminal acetylenes is 1. The Morgan fingerprint density at radius 3 is 1.80 bits per heavy atom. The fourth-order valence-corrected chi connectivity index (χ4v) is 11.9. The molecule has 81 heavy (non-hydrogen) atoms. The third-order valence-corrected chi connectivity index (χ3v) is 16.0. The van der Waals surface area contributed by atoms with Gasteiger partial charge < -0.3 is 54.6 Å². The maximum atomic E-state index is 16.9. The van der Waals surface area contributed by atoms with Crippen LogP contribution in [-0.4, -0.2) is 125 Å². The van der Waals surface area contributed by atoms with Gasteiger partial charge in [0, 0.05) is 68.3 Å². The van der Waals surface area contributed by atoms with Crippen molar-refractivity contribution in [1.82, 2.24) is 40.4 Å². The normalized spacial score (nSPS) is 20.9. The van der Waals surface area contributed by atoms with Crippen LogP contribution >= 0.6 is 0 Å². The van der Waals surface area contributed by atoms with Crippen LogP contribution in [0.1, 0.15) is 114 Å². The summed E-state index contributed by atoms with van der Waals surface area (Å²) < 4.78 is 100. The van der Waals surface area contributed by atoms with Crippen LogP contribution < -0.4 is 36.0 Å². The number of likely N-dealkylation sites (tertiary alicyclic amines) is 2. The van der Waals surface area contributed by atoms with Gasteiger partial charge in [-0.1, -0.05) is 39.7 Å². The Hall–Kier alpha value is -7.90. The van der Waals surface area contributed by atoms with E-state index >= 15 is 13.2 Å². The number of methoxy groups -OCH3 is 2. The standard InChI is InChI=1S/C58H67F6N11O6/c1-8-11-42-43(66-52(65-42)47-12-9-22-73(47)54(76)49(32(2)3)69-56(78)80-6)20-18-36-19-21-46(38-30-44-45(31-39(38)59)68-53(67-44)48-13-10-23-74(48)55(77)50(33(4)5)70-57(79)81-7)75(36)37-28-40(60)51(41(61)29-37)72-26-24-71(25-27-72)35-16-14-34(15-17-35)58(62,63)64/h1,11,14-17,20,28-33,36,46-50H,9-10,12-13,18-19,21-27H2,2-7H3,(H,65,66)(H,67,68)(H,69,78)(H,70,79)/b42-11+,43-20+/t36-,46+,47-,48-,49?,50-/m0/s1. The van der Waals surface area contributed by atoms with Crippen molar-refractivity contribution < 1.29 is 55.0 Å². The number of hydrogen-bond acceptors (Lipinski definition) is 11. The molecule has 0 spiro atoms. The number of imidazole rings is 2. The molecule has 3 aromatic carbocycles. The minimum atomic E-state index is -4.49. The SMILES string of the molecule is C#C/C=c1/[nH]c([C@@H]2CCCN2C(=O)C(NC(=O)OC)C(C)C)n/c1=C/C[C@H]1CC[C@H](c2cc3nc([C@@H]4CCCN4C(=O)[C@@H](NC(=O)OC)C(C)C)[nH]c3cc2F)N1c1cc(F)c(N2CCN(c3ccc(C(F)(F)F)cc3)CC2)c(F)c1. The molecule has 6 atom stereocenters. The number of benzene rings is 3. The van der Waals surface area contributed by atoms with Gasteiger partial charge in [0.1, 0.15) is 35.2 Å². The molecule has 5 aromatic rings. The second-order valence-electron chi connectivity index (χ2n) is 21.7. The molecule has 4 N–H and O–H groups in total. The van der Waals surface area contributed by atoms with Gasteiger partial charge >= 0.3 is 18.4 Å². The van der Waals surface area contributed by atoms with Gasteiger partial charge in [-0.05, 0) is 105 Å². The Balaban J connectivity index is 1.04. The molecule has 0 radical (unpaired) electrons. The lowest BCUT2D eigenvalue weighted by molar-refractivity contribution is -0.138. The van der Waals surface area contributed by atoms with Crippen LogP contribution in [0, 0.1) is 41.6 Å². The van der Waals surface area contributed by atoms with Crippen molar-refractivity contribution in [2.75, 3.05) is 68.2 Å². The first-order chi connectivity index (χ1) is 38.7. The summed E-state index contributed by atoms with van der Waals surface area (Å²) in [6, 6.07) is 6.26. The zero-order valence-electron chi connectivity index (χ0n) is 46.0. The number of carbonyl (C=O) groups is 4. The summed E-state index contributed by atoms with van der Waals surface area (Å²) in [7, 11) is 2.45. The molecule has 432 valence electrons. The van der Waals surface area contributed by atoms with E-state index in [1.165, 1.54) is 50.6 Å². The summed E-state index contributed by atoms with van der Waals surface area (Å²) in [5.74, 6) is 0.0437. The molecule has 4 fully saturated rings. The Kier molecular flexibility index (Phi) is 17.2. The fourth-order valence-electron chi connectivity index (χ4n) is 11.9. The van der Waals surface area contributed by atoms with E-state index in [9.17, 15) is 32.3 Å². The number of fused-ring (bicyclic) bond motifs is 1. The lowest BCUT2D eigenvalue weighted by atomic mass is 10.0. The van der Waals surface area contributed by atoms with Crippen molar-refractivity contribution in [3.63, 3.8) is 0 Å². The van der Waals surface area contributed by atoms with E-state index in [-0.39, 0.29) is 73.2 Å². The number of aromatic nitrogens is 4. The van der Waals surface area contributed by atoms with Crippen LogP contribution in [0.2, 0.25) is 0 Å². The summed E-state index contributed by atoms with van der Waals surface area (Å²) >= 11 is 0. The summed E-state index contributed by atoms with van der Waals surface area (Å²) in [5, 5.41) is 6.27. The minimum Gasteiger partial charge on any atom is -0.453 e. The molecule has 4 amide bonds. The summed E-state index contributed by atoms with van der Waals surface area (Å²) in [5.41, 5.74) is 0.670. The maximum Gasteiger partial charge on any atom is 0.416 e. The molecular weight excluding hydrogens is 1060 g/mol. The quantitative estimate of drug-likeness (QED) is 0.0622. The average molecular weight is 1130 g/mol. The van der Waals surface area contributed by atoms with E-state index in [2.05, 4.69) is 26.5 Å². The van der Waals surface area contributed by atoms with Crippen molar-refractivity contribution in [3.8, 4) is 12.3 Å². The number of nitrogens with one attached hydrogen (secondary N) is 4. The van der Waals surface area contributed by atoms with E-state index in [1.807, 2.05) is 43.6 Å². The number of amides is 4. The molecule has 0 saturated carbocycles. The predicted octanol–water partition coefficient (Wildman–Crippen LogP) is 8.13. The summed E-state index contributed by atoms with van der Waals surface area (Å²) in [4.78, 5) is 77.5. The monoisotopic (exact) mass is 1130 g/mol. The molecule has 17 nitrogen and oxygen atoms in total. The van der Waals surface area contributed by atoms with E-state index in [0.29, 0.717) is 90.7 Å². The van der Waals surface area contributed by atoms with Crippen LogP contribution in [0.3, 0.4) is 0 Å². The van der Waals surface area contributed by atoms with Gasteiger partial charge in [0.2, 0.25) is 11.8 Å². The third kappa shape index (κ3) is 12.1. The van der Waals surface area contributed by atoms with E-state index < -0.39 is 77.6 Å². The highest BCUT2D eigenvalue weighted by molar-refractivity contribution is 5.87. The van der Waals surface area contributed by atoms with Crippen LogP contribution in [0.25, 0.3) is 23.2 Å². The van der Waals surface area contributed by atoms with E-state index in [0.717, 1.165) is 12.1 Å². The second kappa shape index (κ2) is 24.1. The lowest BCUT2D eigenvalue weighted by Gasteiger charge is -2.38. The number of alkyl carbamates (subject to hydrolysis) is 2. The largest absolute Gasteiger partial charge is 0.453 e. The molecule has 0 bridgehead atoms. The van der Waals surface area contributed by atoms with Gasteiger partial charge in [-0.15, -0.1) is 6.42 Å². The van der Waals surface area contributed by atoms with Gasteiger partial charge in [-0.25, -0.2) is 32.7 Å². The molecule has 9 rings (SSSR count). The average Bonchev–Trinajstić information content (AvgIpc) is 4.53. The minimum absolute atomic E-state index is 0.152. The Morgan fingerprint density at radius 2 is 1.27 bits per heavy atom. The van der Waals surface area contributed by atoms with Crippen molar-refractivity contribution in [2.45, 2.75) is 115 Å². The highest BCUT2D eigenvalue weighted by atomic mass is 19.4. The van der Waals surface area contributed by atoms with E-state index in [4.69, 9.17) is 25.9 Å². The van der Waals surface area contributed by atoms with Crippen LogP contribution in [-0.2, 0) is 25.2 Å². The van der Waals surface area contributed by atoms with Crippen molar-refractivity contribution in [3.05, 3.63) is 99.5 Å². The number of carbonyl (C=O) groups excluding carboxylic acids is 4. The highest BCUT2D eigenvalue weighted by Gasteiger charge is 2.41. The Bertz CT molecular complexity index is 3290. The number of anilines is 3. The molecule has 6 heterocycles. The lowest BCUT2D eigenvalue weighted by Crippen LogP contribution is -2.51. The Morgan fingerprint density at radius 1 is 0.716 bits per heavy atom. The molecule has 23 heteroatoms. The van der Waals surface area contributed by atoms with Crippen molar-refractivity contribution >= 4 is 64.2 Å². The van der Waals surface area contributed by atoms with E-state index in [1.54, 1.807) is 20.8 Å². The third-order valence-electron chi connectivity index (χ3n) is 16.0. The van der Waals surface area contributed by atoms with Crippen LogP contribution in [0.15, 0.2) is 48.5 Å². The first-order valence-electron chi connectivity index (χ1n) is 27.3. The summed E-state index contributed by atoms with van der Waals surface area (Å²) in [6.45, 7) is 9.00. The van der Waals surface area contributed by atoms with Crippen molar-refractivity contribution in [2.24, 2.45) is 11.8 Å². The number of rotatable bonds is 14. The second-order valence-corrected chi connectivity index (χ2v) is 21.7. The first kappa shape index (κ1) is 57.8. The number of hydrogen-bond donors (Lipinski definition) is 4. The topological polar surface area (TPSA) is 184 Å². The van der Waals surface area contributed by atoms with Crippen LogP contribution in [0.5, 0.6) is 0 Å². The number of piperazine rings is 1. The van der Waals surface area contributed by atoms with Gasteiger partial charge in [-0.2, -0.15) is 13.2 Å². The number of aromatic amines is 2. The zero-order valence-corrected chi connectivity index (χ0v) is 46.0. The number of H-pyrrole nitrogens is 2. The molecule has 1 unspecified atom stereocenters. The molecule has 0 aliphatic carbocycles. The maximum absolute atomic E-state index is 16.9. The molecule has 4 saturated heterocycles. The van der Waals surface area contributed by atoms with Gasteiger partial charge in [0.15, 0.2) is 11.6 Å².